The van der Waals surface area contributed by atoms with Gasteiger partial charge in [-0.25, -0.2) is 4.90 Å². The smallest absolute Gasteiger partial charge is 0.270 e. The molecule has 2 saturated carbocycles. The average Bonchev–Trinajstić information content (AvgIpc) is 3.65. The molecule has 3 heterocycles. The zero-order valence-corrected chi connectivity index (χ0v) is 19.4. The van der Waals surface area contributed by atoms with E-state index in [1.165, 1.54) is 28.4 Å². The number of carbonyl (C=O) groups is 2. The molecule has 2 bridgehead atoms. The summed E-state index contributed by atoms with van der Waals surface area (Å²) in [5.41, 5.74) is 2.68. The number of nitriles is 1. The van der Waals surface area contributed by atoms with Crippen LogP contribution in [-0.2, 0) is 27.3 Å². The number of anilines is 1. The molecule has 1 aromatic heterocycles. The normalized spacial score (nSPS) is 32.1. The molecule has 2 aromatic rings. The first kappa shape index (κ1) is 20.8. The maximum atomic E-state index is 13.8. The summed E-state index contributed by atoms with van der Waals surface area (Å²) in [5.74, 6) is -1.87. The van der Waals surface area contributed by atoms with Crippen LogP contribution in [0.3, 0.4) is 0 Å². The SMILES string of the molecule is N#Cc1c(N2C(=O)[C@@H]3[C@H]4C[C@H]([C@H]5ON=C(c6cccc([N+](=O)[O-])c6)[C@@H]45)[C@@H]3C2=O)sc2c1CCCC2. The summed E-state index contributed by atoms with van der Waals surface area (Å²) in [6.45, 7) is 0. The molecule has 1 aromatic carbocycles. The van der Waals surface area contributed by atoms with Gasteiger partial charge in [-0.3, -0.25) is 19.7 Å². The number of hydrogen-bond acceptors (Lipinski definition) is 8. The summed E-state index contributed by atoms with van der Waals surface area (Å²) < 4.78 is 0. The van der Waals surface area contributed by atoms with E-state index < -0.39 is 16.8 Å². The summed E-state index contributed by atoms with van der Waals surface area (Å²) in [5, 5.41) is 25.9. The Morgan fingerprint density at radius 1 is 1.14 bits per heavy atom. The third-order valence-corrected chi connectivity index (χ3v) is 9.79. The standard InChI is InChI=1S/C25H20N4O5S/c26-10-16-13-6-1-2-7-17(13)35-25(16)28-23(30)18-14-9-15(19(18)24(28)31)22-20(14)21(27-34-22)11-4-3-5-12(8-11)29(32)33/h3-5,8,14-15,18-20,22H,1-2,6-7,9H2/t14-,15+,18-,19+,20-,22-/m1/s1. The van der Waals surface area contributed by atoms with Gasteiger partial charge in [-0.05, 0) is 43.6 Å². The van der Waals surface area contributed by atoms with Crippen LogP contribution in [0.5, 0.6) is 0 Å². The average molecular weight is 489 g/mol. The van der Waals surface area contributed by atoms with Crippen LogP contribution in [0.25, 0.3) is 0 Å². The number of aryl methyl sites for hydroxylation is 1. The van der Waals surface area contributed by atoms with Gasteiger partial charge < -0.3 is 4.84 Å². The second kappa shape index (κ2) is 7.21. The first-order chi connectivity index (χ1) is 17.0. The second-order valence-corrected chi connectivity index (χ2v) is 11.1. The van der Waals surface area contributed by atoms with Gasteiger partial charge in [-0.2, -0.15) is 5.26 Å². The van der Waals surface area contributed by atoms with Gasteiger partial charge in [-0.1, -0.05) is 17.3 Å². The second-order valence-electron chi connectivity index (χ2n) is 10.0. The Bertz CT molecular complexity index is 1410. The molecule has 3 aliphatic carbocycles. The number of carbonyl (C=O) groups excluding carboxylic acids is 2. The van der Waals surface area contributed by atoms with Crippen molar-refractivity contribution in [2.45, 2.75) is 38.2 Å². The van der Waals surface area contributed by atoms with E-state index in [2.05, 4.69) is 11.2 Å². The fourth-order valence-electron chi connectivity index (χ4n) is 7.17. The summed E-state index contributed by atoms with van der Waals surface area (Å²) >= 11 is 1.42. The van der Waals surface area contributed by atoms with E-state index in [0.717, 1.165) is 36.1 Å². The number of amides is 2. The molecule has 3 fully saturated rings. The van der Waals surface area contributed by atoms with E-state index in [-0.39, 0.29) is 41.4 Å². The lowest BCUT2D eigenvalue weighted by Crippen LogP contribution is -2.41. The van der Waals surface area contributed by atoms with E-state index in [4.69, 9.17) is 4.84 Å². The van der Waals surface area contributed by atoms with Crippen molar-refractivity contribution >= 4 is 39.6 Å². The quantitative estimate of drug-likeness (QED) is 0.369. The van der Waals surface area contributed by atoms with E-state index in [9.17, 15) is 25.0 Å². The minimum atomic E-state index is -0.481. The highest BCUT2D eigenvalue weighted by atomic mass is 32.1. The molecule has 1 saturated heterocycles. The van der Waals surface area contributed by atoms with Crippen molar-refractivity contribution in [1.29, 1.82) is 5.26 Å². The Morgan fingerprint density at radius 2 is 1.91 bits per heavy atom. The van der Waals surface area contributed by atoms with Crippen molar-refractivity contribution in [2.24, 2.45) is 34.7 Å². The molecule has 0 radical (unpaired) electrons. The molecule has 10 heteroatoms. The molecule has 6 atom stereocenters. The number of hydrogen-bond donors (Lipinski definition) is 0. The molecular formula is C25H20N4O5S. The Balaban J connectivity index is 1.24. The van der Waals surface area contributed by atoms with Crippen molar-refractivity contribution in [1.82, 2.24) is 0 Å². The largest absolute Gasteiger partial charge is 0.391 e. The molecule has 7 rings (SSSR count). The zero-order valence-electron chi connectivity index (χ0n) is 18.5. The van der Waals surface area contributed by atoms with Crippen molar-refractivity contribution in [2.75, 3.05) is 4.90 Å². The number of nitro groups is 1. The molecule has 2 aliphatic heterocycles. The van der Waals surface area contributed by atoms with Crippen molar-refractivity contribution in [3.63, 3.8) is 0 Å². The van der Waals surface area contributed by atoms with Crippen LogP contribution in [0.4, 0.5) is 10.7 Å². The van der Waals surface area contributed by atoms with Crippen LogP contribution in [0.1, 0.15) is 40.8 Å². The van der Waals surface area contributed by atoms with Gasteiger partial charge in [0.1, 0.15) is 17.2 Å². The lowest BCUT2D eigenvalue weighted by atomic mass is 9.71. The van der Waals surface area contributed by atoms with E-state index in [1.807, 2.05) is 0 Å². The minimum absolute atomic E-state index is 0.0290. The highest BCUT2D eigenvalue weighted by molar-refractivity contribution is 7.17. The van der Waals surface area contributed by atoms with Crippen LogP contribution in [0.2, 0.25) is 0 Å². The molecule has 9 nitrogen and oxygen atoms in total. The topological polar surface area (TPSA) is 126 Å². The maximum Gasteiger partial charge on any atom is 0.270 e. The third kappa shape index (κ3) is 2.64. The van der Waals surface area contributed by atoms with Crippen LogP contribution in [-0.4, -0.2) is 28.6 Å². The Labute approximate surface area is 204 Å². The van der Waals surface area contributed by atoms with E-state index in [1.54, 1.807) is 12.1 Å². The van der Waals surface area contributed by atoms with E-state index in [0.29, 0.717) is 28.3 Å². The first-order valence-corrected chi connectivity index (χ1v) is 12.7. The summed E-state index contributed by atoms with van der Waals surface area (Å²) in [6, 6.07) is 8.57. The lowest BCUT2D eigenvalue weighted by Gasteiger charge is -2.29. The van der Waals surface area contributed by atoms with Crippen molar-refractivity contribution in [3.8, 4) is 6.07 Å². The fraction of sp³-hybridized carbons (Fsp3) is 0.440. The lowest BCUT2D eigenvalue weighted by molar-refractivity contribution is -0.384. The summed E-state index contributed by atoms with van der Waals surface area (Å²) in [7, 11) is 0. The van der Waals surface area contributed by atoms with E-state index >= 15 is 0 Å². The number of fused-ring (bicyclic) bond motifs is 9. The molecule has 2 amide bonds. The van der Waals surface area contributed by atoms with Gasteiger partial charge in [-0.15, -0.1) is 11.3 Å². The highest BCUT2D eigenvalue weighted by Crippen LogP contribution is 2.62. The van der Waals surface area contributed by atoms with Gasteiger partial charge in [0.15, 0.2) is 0 Å². The number of benzene rings is 1. The maximum absolute atomic E-state index is 13.8. The molecule has 5 aliphatic rings. The highest BCUT2D eigenvalue weighted by Gasteiger charge is 2.70. The monoisotopic (exact) mass is 488 g/mol. The predicted octanol–water partition coefficient (Wildman–Crippen LogP) is 3.58. The van der Waals surface area contributed by atoms with Crippen LogP contribution in [0.15, 0.2) is 29.4 Å². The number of thiophene rings is 1. The van der Waals surface area contributed by atoms with Gasteiger partial charge in [0.25, 0.3) is 5.69 Å². The summed E-state index contributed by atoms with van der Waals surface area (Å²) in [4.78, 5) is 46.5. The molecule has 176 valence electrons. The van der Waals surface area contributed by atoms with Crippen LogP contribution < -0.4 is 4.90 Å². The number of nitro benzene ring substituents is 1. The minimum Gasteiger partial charge on any atom is -0.391 e. The first-order valence-electron chi connectivity index (χ1n) is 11.9. The van der Waals surface area contributed by atoms with Crippen molar-refractivity contribution < 1.29 is 19.3 Å². The number of imide groups is 1. The Morgan fingerprint density at radius 3 is 2.69 bits per heavy atom. The molecule has 0 N–H and O–H groups in total. The summed E-state index contributed by atoms with van der Waals surface area (Å²) in [6.07, 6.45) is 4.12. The molecule has 0 spiro atoms. The molecule has 35 heavy (non-hydrogen) atoms. The van der Waals surface area contributed by atoms with Gasteiger partial charge in [0.05, 0.1) is 28.0 Å². The fourth-order valence-corrected chi connectivity index (χ4v) is 8.52. The van der Waals surface area contributed by atoms with Crippen LogP contribution >= 0.6 is 11.3 Å². The molecular weight excluding hydrogens is 468 g/mol. The van der Waals surface area contributed by atoms with Gasteiger partial charge in [0, 0.05) is 34.4 Å². The number of rotatable bonds is 3. The molecule has 0 unspecified atom stereocenters. The van der Waals surface area contributed by atoms with Gasteiger partial charge in [0.2, 0.25) is 11.8 Å². The number of non-ortho nitro benzene ring substituents is 1. The van der Waals surface area contributed by atoms with Crippen molar-refractivity contribution in [3.05, 3.63) is 55.9 Å². The number of oxime groups is 1. The predicted molar refractivity (Wildman–Crippen MR) is 125 cm³/mol. The Kier molecular flexibility index (Phi) is 4.28. The number of nitrogens with zero attached hydrogens (tertiary/aromatic N) is 4. The van der Waals surface area contributed by atoms with Gasteiger partial charge >= 0.3 is 0 Å². The zero-order chi connectivity index (χ0) is 24.0. The van der Waals surface area contributed by atoms with Crippen LogP contribution in [0, 0.1) is 51.0 Å². The third-order valence-electron chi connectivity index (χ3n) is 8.51. The Hall–Kier alpha value is -3.58.